The van der Waals surface area contributed by atoms with Gasteiger partial charge in [0.25, 0.3) is 0 Å². The van der Waals surface area contributed by atoms with Crippen molar-refractivity contribution in [1.82, 2.24) is 5.32 Å². The Morgan fingerprint density at radius 3 is 2.67 bits per heavy atom. The van der Waals surface area contributed by atoms with Crippen molar-refractivity contribution >= 4 is 34.5 Å². The van der Waals surface area contributed by atoms with Crippen LogP contribution < -0.4 is 5.32 Å². The summed E-state index contributed by atoms with van der Waals surface area (Å²) in [7, 11) is 1.38. The van der Waals surface area contributed by atoms with E-state index >= 15 is 0 Å². The van der Waals surface area contributed by atoms with Gasteiger partial charge in [-0.3, -0.25) is 4.79 Å². The maximum Gasteiger partial charge on any atom is 0.326 e. The minimum atomic E-state index is -1.06. The number of rotatable bonds is 6. The van der Waals surface area contributed by atoms with Crippen molar-refractivity contribution in [2.75, 3.05) is 13.7 Å². The number of hydrogen-bond donors (Lipinski definition) is 2. The number of carbonyl (C=O) groups excluding carboxylic acids is 1. The lowest BCUT2D eigenvalue weighted by Crippen LogP contribution is -2.43. The van der Waals surface area contributed by atoms with Gasteiger partial charge in [-0.25, -0.2) is 4.79 Å². The molecule has 1 aromatic carbocycles. The fourth-order valence-electron chi connectivity index (χ4n) is 1.45. The molecule has 0 unspecified atom stereocenters. The fourth-order valence-corrected chi connectivity index (χ4v) is 2.06. The number of nitrogens with one attached hydrogen (secondary N) is 1. The maximum absolute atomic E-state index is 11.3. The van der Waals surface area contributed by atoms with Gasteiger partial charge in [0.2, 0.25) is 5.91 Å². The second-order valence-electron chi connectivity index (χ2n) is 3.69. The molecule has 0 saturated heterocycles. The highest BCUT2D eigenvalue weighted by Gasteiger charge is 2.20. The van der Waals surface area contributed by atoms with Crippen molar-refractivity contribution in [3.63, 3.8) is 0 Å². The van der Waals surface area contributed by atoms with Crippen LogP contribution in [0.15, 0.2) is 24.3 Å². The Kier molecular flexibility index (Phi) is 6.06. The molecule has 0 spiro atoms. The van der Waals surface area contributed by atoms with Gasteiger partial charge in [0.15, 0.2) is 0 Å². The quantitative estimate of drug-likeness (QED) is 0.741. The van der Waals surface area contributed by atoms with Gasteiger partial charge in [-0.1, -0.05) is 18.2 Å². The maximum atomic E-state index is 11.3. The first-order chi connectivity index (χ1) is 8.54. The molecule has 6 heteroatoms. The number of carboxylic acids is 1. The Labute approximate surface area is 119 Å². The normalized spacial score (nSPS) is 11.9. The molecular formula is C12H14INO4. The number of benzene rings is 1. The number of ether oxygens (including phenoxy) is 1. The molecule has 0 radical (unpaired) electrons. The summed E-state index contributed by atoms with van der Waals surface area (Å²) in [5.74, 6) is -1.49. The molecule has 1 aromatic rings. The van der Waals surface area contributed by atoms with Crippen molar-refractivity contribution < 1.29 is 19.4 Å². The second kappa shape index (κ2) is 7.32. The molecule has 0 aliphatic carbocycles. The number of carbonyl (C=O) groups is 2. The van der Waals surface area contributed by atoms with Crippen LogP contribution >= 0.6 is 22.6 Å². The van der Waals surface area contributed by atoms with Crippen LogP contribution in [0.2, 0.25) is 0 Å². The largest absolute Gasteiger partial charge is 0.480 e. The molecule has 5 nitrogen and oxygen atoms in total. The molecule has 1 atom stereocenters. The number of methoxy groups -OCH3 is 1. The summed E-state index contributed by atoms with van der Waals surface area (Å²) in [5.41, 5.74) is 0.892. The van der Waals surface area contributed by atoms with E-state index in [1.54, 1.807) is 0 Å². The first kappa shape index (κ1) is 14.9. The topological polar surface area (TPSA) is 75.6 Å². The summed E-state index contributed by atoms with van der Waals surface area (Å²) in [6, 6.07) is 6.52. The van der Waals surface area contributed by atoms with Gasteiger partial charge < -0.3 is 15.2 Å². The van der Waals surface area contributed by atoms with Crippen molar-refractivity contribution in [2.24, 2.45) is 0 Å². The summed E-state index contributed by atoms with van der Waals surface area (Å²) in [5, 5.41) is 11.5. The van der Waals surface area contributed by atoms with E-state index in [4.69, 9.17) is 5.11 Å². The lowest BCUT2D eigenvalue weighted by Gasteiger charge is -2.15. The lowest BCUT2D eigenvalue weighted by molar-refractivity contribution is -0.142. The number of amides is 1. The molecule has 98 valence electrons. The lowest BCUT2D eigenvalue weighted by atomic mass is 10.1. The molecular weight excluding hydrogens is 349 g/mol. The third kappa shape index (κ3) is 4.61. The number of halogens is 1. The standard InChI is InChI=1S/C12H14INO4/c1-18-7-11(15)14-10(12(16)17)6-8-4-2-3-5-9(8)13/h2-5,10H,6-7H2,1H3,(H,14,15)(H,16,17)/t10-/m1/s1. The van der Waals surface area contributed by atoms with Crippen LogP contribution in [0.4, 0.5) is 0 Å². The van der Waals surface area contributed by atoms with Gasteiger partial charge in [-0.2, -0.15) is 0 Å². The number of aliphatic carboxylic acids is 1. The van der Waals surface area contributed by atoms with Crippen LogP contribution in [0, 0.1) is 3.57 Å². The molecule has 1 rings (SSSR count). The van der Waals surface area contributed by atoms with Gasteiger partial charge in [-0.15, -0.1) is 0 Å². The zero-order chi connectivity index (χ0) is 13.5. The summed E-state index contributed by atoms with van der Waals surface area (Å²) >= 11 is 2.14. The molecule has 2 N–H and O–H groups in total. The van der Waals surface area contributed by atoms with Crippen molar-refractivity contribution in [3.05, 3.63) is 33.4 Å². The van der Waals surface area contributed by atoms with Crippen molar-refractivity contribution in [3.8, 4) is 0 Å². The predicted octanol–water partition coefficient (Wildman–Crippen LogP) is 1.05. The minimum Gasteiger partial charge on any atom is -0.480 e. The Morgan fingerprint density at radius 2 is 2.11 bits per heavy atom. The Hall–Kier alpha value is -1.15. The summed E-state index contributed by atoms with van der Waals surface area (Å²) in [6.07, 6.45) is 0.254. The van der Waals surface area contributed by atoms with Crippen LogP contribution in [0.3, 0.4) is 0 Å². The minimum absolute atomic E-state index is 0.143. The Morgan fingerprint density at radius 1 is 1.44 bits per heavy atom. The Balaban J connectivity index is 2.72. The van der Waals surface area contributed by atoms with Crippen LogP contribution in [-0.4, -0.2) is 36.7 Å². The molecule has 0 saturated carbocycles. The molecule has 0 bridgehead atoms. The Bertz CT molecular complexity index is 436. The van der Waals surface area contributed by atoms with Crippen LogP contribution in [0.1, 0.15) is 5.56 Å². The van der Waals surface area contributed by atoms with E-state index in [1.807, 2.05) is 24.3 Å². The number of carboxylic acid groups (broad SMARTS) is 1. The van der Waals surface area contributed by atoms with E-state index in [1.165, 1.54) is 7.11 Å². The van der Waals surface area contributed by atoms with Gasteiger partial charge in [0.1, 0.15) is 12.6 Å². The smallest absolute Gasteiger partial charge is 0.326 e. The number of hydrogen-bond acceptors (Lipinski definition) is 3. The summed E-state index contributed by atoms with van der Waals surface area (Å²) in [6.45, 7) is -0.143. The molecule has 0 aliphatic rings. The first-order valence-corrected chi connectivity index (χ1v) is 6.37. The van der Waals surface area contributed by atoms with Crippen LogP contribution in [-0.2, 0) is 20.7 Å². The van der Waals surface area contributed by atoms with Crippen molar-refractivity contribution in [1.29, 1.82) is 0 Å². The zero-order valence-corrected chi connectivity index (χ0v) is 12.0. The highest BCUT2D eigenvalue weighted by molar-refractivity contribution is 14.1. The van der Waals surface area contributed by atoms with Gasteiger partial charge >= 0.3 is 5.97 Å². The van der Waals surface area contributed by atoms with E-state index in [2.05, 4.69) is 32.6 Å². The molecule has 0 fully saturated rings. The molecule has 0 aromatic heterocycles. The van der Waals surface area contributed by atoms with Crippen LogP contribution in [0.5, 0.6) is 0 Å². The summed E-state index contributed by atoms with van der Waals surface area (Å²) < 4.78 is 5.63. The molecule has 0 aliphatic heterocycles. The monoisotopic (exact) mass is 363 g/mol. The third-order valence-electron chi connectivity index (χ3n) is 2.29. The molecule has 1 amide bonds. The molecule has 18 heavy (non-hydrogen) atoms. The SMILES string of the molecule is COCC(=O)N[C@H](Cc1ccccc1I)C(=O)O. The highest BCUT2D eigenvalue weighted by atomic mass is 127. The van der Waals surface area contributed by atoms with E-state index in [0.717, 1.165) is 9.13 Å². The van der Waals surface area contributed by atoms with E-state index in [-0.39, 0.29) is 13.0 Å². The van der Waals surface area contributed by atoms with Gasteiger partial charge in [0.05, 0.1) is 0 Å². The predicted molar refractivity (Wildman–Crippen MR) is 74.3 cm³/mol. The zero-order valence-electron chi connectivity index (χ0n) is 9.85. The third-order valence-corrected chi connectivity index (χ3v) is 3.34. The molecule has 0 heterocycles. The van der Waals surface area contributed by atoms with E-state index in [0.29, 0.717) is 0 Å². The average molecular weight is 363 g/mol. The van der Waals surface area contributed by atoms with Crippen molar-refractivity contribution in [2.45, 2.75) is 12.5 Å². The summed E-state index contributed by atoms with van der Waals surface area (Å²) in [4.78, 5) is 22.4. The average Bonchev–Trinajstić information content (AvgIpc) is 2.31. The second-order valence-corrected chi connectivity index (χ2v) is 4.85. The highest BCUT2D eigenvalue weighted by Crippen LogP contribution is 2.13. The van der Waals surface area contributed by atoms with Gasteiger partial charge in [-0.05, 0) is 34.2 Å². The van der Waals surface area contributed by atoms with Gasteiger partial charge in [0, 0.05) is 17.1 Å². The van der Waals surface area contributed by atoms with Crippen LogP contribution in [0.25, 0.3) is 0 Å². The first-order valence-electron chi connectivity index (χ1n) is 5.29. The van der Waals surface area contributed by atoms with E-state index < -0.39 is 17.9 Å². The fraction of sp³-hybridized carbons (Fsp3) is 0.333. The van der Waals surface area contributed by atoms with E-state index in [9.17, 15) is 9.59 Å².